The van der Waals surface area contributed by atoms with E-state index in [0.717, 1.165) is 22.7 Å². The predicted octanol–water partition coefficient (Wildman–Crippen LogP) is 5.36. The van der Waals surface area contributed by atoms with Gasteiger partial charge in [-0.05, 0) is 35.9 Å². The van der Waals surface area contributed by atoms with Crippen LogP contribution in [0.2, 0.25) is 5.02 Å². The summed E-state index contributed by atoms with van der Waals surface area (Å²) in [7, 11) is 1.54. The highest BCUT2D eigenvalue weighted by molar-refractivity contribution is 7.99. The molecule has 34 heavy (non-hydrogen) atoms. The van der Waals surface area contributed by atoms with E-state index in [4.69, 9.17) is 25.8 Å². The van der Waals surface area contributed by atoms with Gasteiger partial charge in [-0.25, -0.2) is 0 Å². The molecule has 3 aromatic carbocycles. The van der Waals surface area contributed by atoms with Crippen LogP contribution in [0.1, 0.15) is 15.9 Å². The van der Waals surface area contributed by atoms with Gasteiger partial charge in [0.1, 0.15) is 5.75 Å². The van der Waals surface area contributed by atoms with Gasteiger partial charge < -0.3 is 14.2 Å². The van der Waals surface area contributed by atoms with E-state index in [1.54, 1.807) is 18.2 Å². The van der Waals surface area contributed by atoms with E-state index in [1.807, 2.05) is 53.1 Å². The molecule has 0 N–H and O–H groups in total. The zero-order chi connectivity index (χ0) is 23.5. The third-order valence-electron chi connectivity index (χ3n) is 5.33. The first-order chi connectivity index (χ1) is 16.6. The van der Waals surface area contributed by atoms with Crippen LogP contribution in [0.3, 0.4) is 0 Å². The van der Waals surface area contributed by atoms with Crippen LogP contribution < -0.4 is 14.2 Å². The molecule has 0 amide bonds. The topological polar surface area (TPSA) is 75.5 Å². The standard InChI is InChI=1S/C25H20ClN3O4S/c1-31-21-10-8-18(12-19(21)26)20(30)14-34-25-28-27-24(17-5-3-2-4-6-17)29(25)13-16-7-9-22-23(11-16)33-15-32-22/h2-12H,13-15H2,1H3. The van der Waals surface area contributed by atoms with Gasteiger partial charge in [0.2, 0.25) is 6.79 Å². The molecule has 0 unspecified atom stereocenters. The number of thioether (sulfide) groups is 1. The largest absolute Gasteiger partial charge is 0.495 e. The number of fused-ring (bicyclic) bond motifs is 1. The molecule has 4 aromatic rings. The average molecular weight is 494 g/mol. The second-order valence-corrected chi connectivity index (χ2v) is 8.86. The number of carbonyl (C=O) groups is 1. The van der Waals surface area contributed by atoms with Crippen molar-refractivity contribution in [1.82, 2.24) is 14.8 Å². The molecule has 1 aliphatic rings. The summed E-state index contributed by atoms with van der Waals surface area (Å²) < 4.78 is 18.1. The van der Waals surface area contributed by atoms with Crippen molar-refractivity contribution < 1.29 is 19.0 Å². The fraction of sp³-hybridized carbons (Fsp3) is 0.160. The monoisotopic (exact) mass is 493 g/mol. The number of ketones is 1. The third kappa shape index (κ3) is 4.60. The summed E-state index contributed by atoms with van der Waals surface area (Å²) in [6.07, 6.45) is 0. The smallest absolute Gasteiger partial charge is 0.231 e. The first-order valence-corrected chi connectivity index (χ1v) is 11.9. The van der Waals surface area contributed by atoms with Gasteiger partial charge in [-0.1, -0.05) is 59.8 Å². The van der Waals surface area contributed by atoms with E-state index in [0.29, 0.717) is 33.8 Å². The van der Waals surface area contributed by atoms with Crippen molar-refractivity contribution in [2.24, 2.45) is 0 Å². The minimum Gasteiger partial charge on any atom is -0.495 e. The number of ether oxygens (including phenoxy) is 3. The number of Topliss-reactive ketones (excluding diaryl/α,β-unsaturated/α-hetero) is 1. The van der Waals surface area contributed by atoms with Crippen molar-refractivity contribution in [2.75, 3.05) is 19.7 Å². The van der Waals surface area contributed by atoms with Crippen LogP contribution >= 0.6 is 23.4 Å². The summed E-state index contributed by atoms with van der Waals surface area (Å²) in [6, 6.07) is 20.7. The fourth-order valence-corrected chi connectivity index (χ4v) is 4.70. The highest BCUT2D eigenvalue weighted by Gasteiger charge is 2.19. The Balaban J connectivity index is 1.41. The molecule has 172 valence electrons. The molecule has 9 heteroatoms. The summed E-state index contributed by atoms with van der Waals surface area (Å²) in [5.74, 6) is 2.83. The van der Waals surface area contributed by atoms with Crippen molar-refractivity contribution in [3.8, 4) is 28.6 Å². The summed E-state index contributed by atoms with van der Waals surface area (Å²) in [5.41, 5.74) is 2.47. The van der Waals surface area contributed by atoms with Crippen molar-refractivity contribution in [1.29, 1.82) is 0 Å². The van der Waals surface area contributed by atoms with Gasteiger partial charge in [0, 0.05) is 11.1 Å². The Morgan fingerprint density at radius 3 is 2.68 bits per heavy atom. The molecule has 0 saturated carbocycles. The van der Waals surface area contributed by atoms with Crippen LogP contribution in [0.15, 0.2) is 71.9 Å². The lowest BCUT2D eigenvalue weighted by atomic mass is 10.1. The van der Waals surface area contributed by atoms with E-state index >= 15 is 0 Å². The number of aromatic nitrogens is 3. The highest BCUT2D eigenvalue weighted by Crippen LogP contribution is 2.34. The Morgan fingerprint density at radius 2 is 1.88 bits per heavy atom. The van der Waals surface area contributed by atoms with Crippen molar-refractivity contribution >= 4 is 29.1 Å². The van der Waals surface area contributed by atoms with Gasteiger partial charge in [0.05, 0.1) is 24.4 Å². The second-order valence-electron chi connectivity index (χ2n) is 7.51. The van der Waals surface area contributed by atoms with Gasteiger partial charge >= 0.3 is 0 Å². The van der Waals surface area contributed by atoms with Crippen molar-refractivity contribution in [3.63, 3.8) is 0 Å². The molecule has 0 bridgehead atoms. The van der Waals surface area contributed by atoms with Crippen LogP contribution in [0.25, 0.3) is 11.4 Å². The molecule has 0 radical (unpaired) electrons. The molecule has 2 heterocycles. The van der Waals surface area contributed by atoms with E-state index < -0.39 is 0 Å². The Kier molecular flexibility index (Phi) is 6.42. The molecule has 0 aliphatic carbocycles. The molecule has 5 rings (SSSR count). The normalized spacial score (nSPS) is 12.1. The Bertz CT molecular complexity index is 1340. The minimum atomic E-state index is -0.0616. The van der Waals surface area contributed by atoms with E-state index in [-0.39, 0.29) is 18.3 Å². The van der Waals surface area contributed by atoms with E-state index in [2.05, 4.69) is 10.2 Å². The lowest BCUT2D eigenvalue weighted by Crippen LogP contribution is -2.07. The lowest BCUT2D eigenvalue weighted by molar-refractivity contribution is 0.102. The van der Waals surface area contributed by atoms with E-state index in [1.165, 1.54) is 18.9 Å². The van der Waals surface area contributed by atoms with Gasteiger partial charge in [0.15, 0.2) is 28.3 Å². The van der Waals surface area contributed by atoms with Crippen LogP contribution in [-0.4, -0.2) is 40.2 Å². The number of halogens is 1. The minimum absolute atomic E-state index is 0.0616. The van der Waals surface area contributed by atoms with Gasteiger partial charge in [-0.3, -0.25) is 9.36 Å². The number of nitrogens with zero attached hydrogens (tertiary/aromatic N) is 3. The number of hydrogen-bond acceptors (Lipinski definition) is 7. The number of hydrogen-bond donors (Lipinski definition) is 0. The molecule has 1 aliphatic heterocycles. The van der Waals surface area contributed by atoms with Crippen LogP contribution in [0.4, 0.5) is 0 Å². The van der Waals surface area contributed by atoms with Gasteiger partial charge in [0.25, 0.3) is 0 Å². The second kappa shape index (κ2) is 9.79. The summed E-state index contributed by atoms with van der Waals surface area (Å²) in [5, 5.41) is 9.87. The number of rotatable bonds is 8. The Hall–Kier alpha value is -3.49. The third-order valence-corrected chi connectivity index (χ3v) is 6.59. The maximum atomic E-state index is 12.8. The molecule has 0 spiro atoms. The molecular formula is C25H20ClN3O4S. The first-order valence-electron chi connectivity index (χ1n) is 10.5. The quantitative estimate of drug-likeness (QED) is 0.241. The SMILES string of the molecule is COc1ccc(C(=O)CSc2nnc(-c3ccccc3)n2Cc2ccc3c(c2)OCO3)cc1Cl. The van der Waals surface area contributed by atoms with Crippen LogP contribution in [-0.2, 0) is 6.54 Å². The predicted molar refractivity (Wildman–Crippen MR) is 130 cm³/mol. The van der Waals surface area contributed by atoms with Gasteiger partial charge in [-0.2, -0.15) is 0 Å². The van der Waals surface area contributed by atoms with Crippen molar-refractivity contribution in [3.05, 3.63) is 82.9 Å². The summed E-state index contributed by atoms with van der Waals surface area (Å²) >= 11 is 7.52. The fourth-order valence-electron chi connectivity index (χ4n) is 3.61. The maximum Gasteiger partial charge on any atom is 0.231 e. The van der Waals surface area contributed by atoms with Crippen LogP contribution in [0.5, 0.6) is 17.2 Å². The number of carbonyl (C=O) groups excluding carboxylic acids is 1. The molecular weight excluding hydrogens is 474 g/mol. The summed E-state index contributed by atoms with van der Waals surface area (Å²) in [6.45, 7) is 0.734. The maximum absolute atomic E-state index is 12.8. The zero-order valence-electron chi connectivity index (χ0n) is 18.2. The molecule has 0 fully saturated rings. The number of benzene rings is 3. The molecule has 1 aromatic heterocycles. The lowest BCUT2D eigenvalue weighted by Gasteiger charge is -2.11. The number of methoxy groups -OCH3 is 1. The highest BCUT2D eigenvalue weighted by atomic mass is 35.5. The Labute approximate surface area is 205 Å². The van der Waals surface area contributed by atoms with Gasteiger partial charge in [-0.15, -0.1) is 10.2 Å². The molecule has 0 atom stereocenters. The first kappa shape index (κ1) is 22.3. The summed E-state index contributed by atoms with van der Waals surface area (Å²) in [4.78, 5) is 12.8. The zero-order valence-corrected chi connectivity index (χ0v) is 19.8. The molecule has 0 saturated heterocycles. The van der Waals surface area contributed by atoms with Crippen molar-refractivity contribution in [2.45, 2.75) is 11.7 Å². The van der Waals surface area contributed by atoms with E-state index in [9.17, 15) is 4.79 Å². The average Bonchev–Trinajstić information content (AvgIpc) is 3.49. The van der Waals surface area contributed by atoms with Crippen LogP contribution in [0, 0.1) is 0 Å². The Morgan fingerprint density at radius 1 is 1.06 bits per heavy atom. The molecule has 7 nitrogen and oxygen atoms in total.